The third-order valence-electron chi connectivity index (χ3n) is 2.23. The second-order valence-electron chi connectivity index (χ2n) is 2.99. The van der Waals surface area contributed by atoms with Crippen LogP contribution in [-0.2, 0) is 0 Å². The molecule has 0 aliphatic carbocycles. The molecule has 0 aliphatic heterocycles. The van der Waals surface area contributed by atoms with E-state index in [9.17, 15) is 10.2 Å². The minimum Gasteiger partial charge on any atom is -0.507 e. The Balaban J connectivity index is 3.60. The first kappa shape index (κ1) is 8.98. The first-order valence-electron chi connectivity index (χ1n) is 3.74. The van der Waals surface area contributed by atoms with Crippen LogP contribution in [0, 0.1) is 20.8 Å². The van der Waals surface area contributed by atoms with E-state index in [0.717, 1.165) is 0 Å². The molecule has 0 fully saturated rings. The Labute approximate surface area is 73.3 Å². The third kappa shape index (κ3) is 1.05. The van der Waals surface area contributed by atoms with Crippen molar-refractivity contribution in [3.8, 4) is 11.5 Å². The third-order valence-corrected chi connectivity index (χ3v) is 2.23. The smallest absolute Gasteiger partial charge is 0.124 e. The van der Waals surface area contributed by atoms with Crippen LogP contribution in [0.4, 0.5) is 0 Å². The van der Waals surface area contributed by atoms with Crippen LogP contribution < -0.4 is 5.46 Å². The summed E-state index contributed by atoms with van der Waals surface area (Å²) in [5.41, 5.74) is 2.19. The van der Waals surface area contributed by atoms with Gasteiger partial charge in [-0.15, -0.1) is 0 Å². The monoisotopic (exact) mass is 162 g/mol. The molecule has 0 spiro atoms. The van der Waals surface area contributed by atoms with Crippen LogP contribution in [-0.4, -0.2) is 18.1 Å². The van der Waals surface area contributed by atoms with E-state index < -0.39 is 0 Å². The number of benzene rings is 1. The van der Waals surface area contributed by atoms with Gasteiger partial charge in [-0.25, -0.2) is 0 Å². The zero-order valence-corrected chi connectivity index (χ0v) is 7.47. The van der Waals surface area contributed by atoms with E-state index in [1.54, 1.807) is 20.8 Å². The van der Waals surface area contributed by atoms with Crippen molar-refractivity contribution in [1.82, 2.24) is 0 Å². The van der Waals surface area contributed by atoms with E-state index in [0.29, 0.717) is 22.2 Å². The fraction of sp³-hybridized carbons (Fsp3) is 0.333. The van der Waals surface area contributed by atoms with Crippen LogP contribution in [0.25, 0.3) is 0 Å². The number of rotatable bonds is 0. The molecule has 0 heterocycles. The minimum atomic E-state index is 0.0793. The van der Waals surface area contributed by atoms with Gasteiger partial charge in [0.05, 0.1) is 0 Å². The lowest BCUT2D eigenvalue weighted by Crippen LogP contribution is -2.12. The number of hydrogen-bond donors (Lipinski definition) is 2. The molecule has 62 valence electrons. The summed E-state index contributed by atoms with van der Waals surface area (Å²) >= 11 is 0. The van der Waals surface area contributed by atoms with Crippen LogP contribution in [0.5, 0.6) is 11.5 Å². The summed E-state index contributed by atoms with van der Waals surface area (Å²) in [7, 11) is 5.63. The quantitative estimate of drug-likeness (QED) is 0.554. The lowest BCUT2D eigenvalue weighted by Gasteiger charge is -2.12. The fourth-order valence-corrected chi connectivity index (χ4v) is 1.21. The maximum atomic E-state index is 9.45. The van der Waals surface area contributed by atoms with E-state index >= 15 is 0 Å². The second-order valence-corrected chi connectivity index (χ2v) is 2.99. The Morgan fingerprint density at radius 1 is 0.833 bits per heavy atom. The molecule has 2 N–H and O–H groups in total. The molecule has 0 aromatic heterocycles. The van der Waals surface area contributed by atoms with Crippen molar-refractivity contribution in [2.24, 2.45) is 0 Å². The molecule has 0 saturated carbocycles. The SMILES string of the molecule is [B]c1c(C)c(O)c(C)c(O)c1C. The van der Waals surface area contributed by atoms with Gasteiger partial charge in [-0.2, -0.15) is 0 Å². The second kappa shape index (κ2) is 2.74. The molecule has 2 radical (unpaired) electrons. The van der Waals surface area contributed by atoms with Crippen LogP contribution in [0.15, 0.2) is 0 Å². The molecule has 1 aromatic rings. The zero-order chi connectivity index (χ0) is 9.46. The van der Waals surface area contributed by atoms with Gasteiger partial charge in [0.1, 0.15) is 19.3 Å². The minimum absolute atomic E-state index is 0.0793. The zero-order valence-electron chi connectivity index (χ0n) is 7.47. The van der Waals surface area contributed by atoms with Gasteiger partial charge in [0.25, 0.3) is 0 Å². The number of aromatic hydroxyl groups is 2. The number of phenolic OH excluding ortho intramolecular Hbond substituents is 2. The first-order valence-corrected chi connectivity index (χ1v) is 3.74. The Morgan fingerprint density at radius 2 is 1.17 bits per heavy atom. The molecule has 0 atom stereocenters. The van der Waals surface area contributed by atoms with Gasteiger partial charge in [0, 0.05) is 5.56 Å². The molecule has 3 heteroatoms. The van der Waals surface area contributed by atoms with Gasteiger partial charge >= 0.3 is 0 Å². The van der Waals surface area contributed by atoms with Crippen molar-refractivity contribution in [3.63, 3.8) is 0 Å². The van der Waals surface area contributed by atoms with Crippen LogP contribution in [0.3, 0.4) is 0 Å². The van der Waals surface area contributed by atoms with Gasteiger partial charge in [0.2, 0.25) is 0 Å². The van der Waals surface area contributed by atoms with Gasteiger partial charge in [-0.3, -0.25) is 0 Å². The Kier molecular flexibility index (Phi) is 2.05. The summed E-state index contributed by atoms with van der Waals surface area (Å²) in [5.74, 6) is 0.159. The average Bonchev–Trinajstić information content (AvgIpc) is 2.08. The van der Waals surface area contributed by atoms with Crippen LogP contribution in [0.2, 0.25) is 0 Å². The van der Waals surface area contributed by atoms with Gasteiger partial charge in [-0.05, 0) is 31.9 Å². The molecule has 0 unspecified atom stereocenters. The Hall–Kier alpha value is -1.12. The van der Waals surface area contributed by atoms with Crippen molar-refractivity contribution in [3.05, 3.63) is 16.7 Å². The number of hydrogen-bond acceptors (Lipinski definition) is 2. The molecule has 0 amide bonds. The maximum Gasteiger partial charge on any atom is 0.124 e. The highest BCUT2D eigenvalue weighted by Gasteiger charge is 2.11. The molecular weight excluding hydrogens is 151 g/mol. The summed E-state index contributed by atoms with van der Waals surface area (Å²) in [4.78, 5) is 0. The summed E-state index contributed by atoms with van der Waals surface area (Å²) < 4.78 is 0. The van der Waals surface area contributed by atoms with Crippen molar-refractivity contribution < 1.29 is 10.2 Å². The predicted octanol–water partition coefficient (Wildman–Crippen LogP) is 0.817. The molecule has 2 nitrogen and oxygen atoms in total. The van der Waals surface area contributed by atoms with E-state index in [4.69, 9.17) is 7.85 Å². The van der Waals surface area contributed by atoms with Crippen molar-refractivity contribution in [2.75, 3.05) is 0 Å². The highest BCUT2D eigenvalue weighted by molar-refractivity contribution is 6.35. The Morgan fingerprint density at radius 3 is 1.50 bits per heavy atom. The van der Waals surface area contributed by atoms with E-state index in [1.807, 2.05) is 0 Å². The summed E-state index contributed by atoms with van der Waals surface area (Å²) in [6, 6.07) is 0. The normalized spacial score (nSPS) is 10.2. The fourth-order valence-electron chi connectivity index (χ4n) is 1.21. The van der Waals surface area contributed by atoms with Crippen LogP contribution in [0.1, 0.15) is 16.7 Å². The molecule has 0 aliphatic rings. The van der Waals surface area contributed by atoms with Gasteiger partial charge in [-0.1, -0.05) is 5.46 Å². The number of phenols is 2. The predicted molar refractivity (Wildman–Crippen MR) is 49.4 cm³/mol. The lowest BCUT2D eigenvalue weighted by molar-refractivity contribution is 0.439. The van der Waals surface area contributed by atoms with Gasteiger partial charge in [0.15, 0.2) is 0 Å². The van der Waals surface area contributed by atoms with Crippen molar-refractivity contribution in [1.29, 1.82) is 0 Å². The highest BCUT2D eigenvalue weighted by Crippen LogP contribution is 2.30. The first-order chi connectivity index (χ1) is 5.46. The standard InChI is InChI=1S/C9H11BO2/c1-4-7(10)5(2)9(12)6(3)8(4)11/h11-12H,1-3H3. The van der Waals surface area contributed by atoms with Crippen LogP contribution >= 0.6 is 0 Å². The Bertz CT molecular complexity index is 227. The van der Waals surface area contributed by atoms with Crippen molar-refractivity contribution >= 4 is 13.3 Å². The molecule has 1 rings (SSSR count). The molecule has 0 saturated heterocycles. The average molecular weight is 162 g/mol. The van der Waals surface area contributed by atoms with Gasteiger partial charge < -0.3 is 10.2 Å². The van der Waals surface area contributed by atoms with E-state index in [2.05, 4.69) is 0 Å². The molecular formula is C9H11BO2. The summed E-state index contributed by atoms with van der Waals surface area (Å²) in [6.07, 6.45) is 0. The highest BCUT2D eigenvalue weighted by atomic mass is 16.3. The molecule has 0 bridgehead atoms. The maximum absolute atomic E-state index is 9.45. The molecule has 12 heavy (non-hydrogen) atoms. The van der Waals surface area contributed by atoms with E-state index in [1.165, 1.54) is 0 Å². The summed E-state index contributed by atoms with van der Waals surface area (Å²) in [5, 5.41) is 18.9. The lowest BCUT2D eigenvalue weighted by atomic mass is 9.84. The molecule has 1 aromatic carbocycles. The topological polar surface area (TPSA) is 40.5 Å². The largest absolute Gasteiger partial charge is 0.507 e. The summed E-state index contributed by atoms with van der Waals surface area (Å²) in [6.45, 7) is 5.11. The van der Waals surface area contributed by atoms with Crippen molar-refractivity contribution in [2.45, 2.75) is 20.8 Å². The van der Waals surface area contributed by atoms with E-state index in [-0.39, 0.29) is 11.5 Å².